The van der Waals surface area contributed by atoms with Crippen molar-refractivity contribution in [3.63, 3.8) is 0 Å². The highest BCUT2D eigenvalue weighted by Gasteiger charge is 2.30. The quantitative estimate of drug-likeness (QED) is 0.212. The molecule has 0 aliphatic heterocycles. The molecular weight excluding hydrogens is 406 g/mol. The molecule has 0 amide bonds. The SMILES string of the molecule is O=[N+]([O-])c1ccccc1-c1cc2ccc3c(c2c2c1Cc1ccccc1-2)-c1ccccc1C3. The number of fused-ring (bicyclic) bond motifs is 9. The van der Waals surface area contributed by atoms with Crippen molar-refractivity contribution < 1.29 is 4.92 Å². The molecule has 0 atom stereocenters. The highest BCUT2D eigenvalue weighted by Crippen LogP contribution is 2.52. The first-order valence-electron chi connectivity index (χ1n) is 11.2. The highest BCUT2D eigenvalue weighted by atomic mass is 16.6. The van der Waals surface area contributed by atoms with E-state index in [2.05, 4.69) is 66.7 Å². The summed E-state index contributed by atoms with van der Waals surface area (Å²) in [5.74, 6) is 0. The zero-order chi connectivity index (χ0) is 22.1. The molecule has 0 radical (unpaired) electrons. The van der Waals surface area contributed by atoms with E-state index in [1.807, 2.05) is 12.1 Å². The van der Waals surface area contributed by atoms with Gasteiger partial charge in [0.2, 0.25) is 0 Å². The van der Waals surface area contributed by atoms with Gasteiger partial charge in [0, 0.05) is 6.07 Å². The van der Waals surface area contributed by atoms with E-state index in [9.17, 15) is 10.1 Å². The van der Waals surface area contributed by atoms with Crippen molar-refractivity contribution in [3.8, 4) is 33.4 Å². The number of hydrogen-bond donors (Lipinski definition) is 0. The molecule has 5 aromatic carbocycles. The third-order valence-corrected chi connectivity index (χ3v) is 7.21. The van der Waals surface area contributed by atoms with E-state index < -0.39 is 0 Å². The standard InChI is InChI=1S/C30H19NO2/c32-31(33)27-12-6-5-11-24(27)25-17-21-14-13-20-15-18-7-1-3-9-22(18)28(20)29(21)30-23-10-4-2-8-19(23)16-26(25)30/h1-14,17H,15-16H2. The van der Waals surface area contributed by atoms with E-state index in [1.54, 1.807) is 12.1 Å². The lowest BCUT2D eigenvalue weighted by Crippen LogP contribution is -1.96. The zero-order valence-corrected chi connectivity index (χ0v) is 17.8. The van der Waals surface area contributed by atoms with Crippen LogP contribution in [0, 0.1) is 10.1 Å². The summed E-state index contributed by atoms with van der Waals surface area (Å²) in [6.07, 6.45) is 1.73. The number of nitro groups is 1. The van der Waals surface area contributed by atoms with Gasteiger partial charge in [-0.1, -0.05) is 72.8 Å². The molecule has 3 heteroatoms. The molecule has 0 fully saturated rings. The molecule has 33 heavy (non-hydrogen) atoms. The minimum atomic E-state index is -0.271. The Morgan fingerprint density at radius 1 is 0.606 bits per heavy atom. The van der Waals surface area contributed by atoms with Crippen molar-refractivity contribution in [1.29, 1.82) is 0 Å². The van der Waals surface area contributed by atoms with Crippen molar-refractivity contribution in [2.75, 3.05) is 0 Å². The van der Waals surface area contributed by atoms with Gasteiger partial charge < -0.3 is 0 Å². The van der Waals surface area contributed by atoms with E-state index in [4.69, 9.17) is 0 Å². The van der Waals surface area contributed by atoms with Gasteiger partial charge in [0.05, 0.1) is 10.5 Å². The Hall–Kier alpha value is -4.24. The van der Waals surface area contributed by atoms with Crippen LogP contribution in [0.5, 0.6) is 0 Å². The van der Waals surface area contributed by atoms with Gasteiger partial charge in [-0.15, -0.1) is 0 Å². The molecule has 0 spiro atoms. The van der Waals surface area contributed by atoms with E-state index >= 15 is 0 Å². The maximum absolute atomic E-state index is 11.9. The van der Waals surface area contributed by atoms with Crippen molar-refractivity contribution in [2.45, 2.75) is 12.8 Å². The highest BCUT2D eigenvalue weighted by molar-refractivity contribution is 6.14. The number of nitrogens with zero attached hydrogens (tertiary/aromatic N) is 1. The van der Waals surface area contributed by atoms with Crippen LogP contribution in [0.4, 0.5) is 5.69 Å². The second kappa shape index (κ2) is 6.63. The maximum Gasteiger partial charge on any atom is 0.277 e. The lowest BCUT2D eigenvalue weighted by Gasteiger charge is -2.17. The Morgan fingerprint density at radius 2 is 1.24 bits per heavy atom. The predicted octanol–water partition coefficient (Wildman–Crippen LogP) is 7.56. The monoisotopic (exact) mass is 425 g/mol. The molecule has 2 aliphatic carbocycles. The summed E-state index contributed by atoms with van der Waals surface area (Å²) in [7, 11) is 0. The first-order valence-corrected chi connectivity index (χ1v) is 11.2. The fraction of sp³-hybridized carbons (Fsp3) is 0.0667. The van der Waals surface area contributed by atoms with Gasteiger partial charge in [0.25, 0.3) is 5.69 Å². The second-order valence-electron chi connectivity index (χ2n) is 8.92. The molecule has 156 valence electrons. The number of para-hydroxylation sites is 1. The average Bonchev–Trinajstić information content (AvgIpc) is 3.42. The first kappa shape index (κ1) is 18.3. The molecule has 0 bridgehead atoms. The van der Waals surface area contributed by atoms with E-state index in [0.717, 1.165) is 23.8 Å². The van der Waals surface area contributed by atoms with E-state index in [1.165, 1.54) is 49.9 Å². The number of benzene rings is 5. The predicted molar refractivity (Wildman–Crippen MR) is 133 cm³/mol. The lowest BCUT2D eigenvalue weighted by atomic mass is 9.86. The van der Waals surface area contributed by atoms with Crippen LogP contribution >= 0.6 is 0 Å². The summed E-state index contributed by atoms with van der Waals surface area (Å²) in [5, 5.41) is 14.3. The van der Waals surface area contributed by atoms with Crippen molar-refractivity contribution >= 4 is 16.5 Å². The van der Waals surface area contributed by atoms with Crippen molar-refractivity contribution in [3.05, 3.63) is 123 Å². The number of rotatable bonds is 2. The van der Waals surface area contributed by atoms with Gasteiger partial charge >= 0.3 is 0 Å². The van der Waals surface area contributed by atoms with E-state index in [0.29, 0.717) is 5.56 Å². The molecule has 0 heterocycles. The van der Waals surface area contributed by atoms with Crippen LogP contribution in [-0.2, 0) is 12.8 Å². The van der Waals surface area contributed by atoms with Crippen LogP contribution in [0.15, 0.2) is 91.0 Å². The largest absolute Gasteiger partial charge is 0.277 e. The lowest BCUT2D eigenvalue weighted by molar-refractivity contribution is -0.384. The number of nitro benzene ring substituents is 1. The van der Waals surface area contributed by atoms with Gasteiger partial charge in [-0.3, -0.25) is 10.1 Å². The molecule has 3 nitrogen and oxygen atoms in total. The van der Waals surface area contributed by atoms with Crippen LogP contribution in [0.3, 0.4) is 0 Å². The molecule has 0 saturated carbocycles. The first-order chi connectivity index (χ1) is 16.2. The fourth-order valence-electron chi connectivity index (χ4n) is 5.85. The number of hydrogen-bond acceptors (Lipinski definition) is 2. The molecule has 0 saturated heterocycles. The molecule has 5 aromatic rings. The van der Waals surface area contributed by atoms with Gasteiger partial charge in [0.1, 0.15) is 0 Å². The molecular formula is C30H19NO2. The topological polar surface area (TPSA) is 43.1 Å². The third-order valence-electron chi connectivity index (χ3n) is 7.21. The summed E-state index contributed by atoms with van der Waals surface area (Å²) in [4.78, 5) is 11.6. The molecule has 0 N–H and O–H groups in total. The van der Waals surface area contributed by atoms with Gasteiger partial charge in [-0.05, 0) is 85.8 Å². The summed E-state index contributed by atoms with van der Waals surface area (Å²) in [5.41, 5.74) is 12.1. The fourth-order valence-corrected chi connectivity index (χ4v) is 5.85. The molecule has 2 aliphatic rings. The van der Waals surface area contributed by atoms with Crippen LogP contribution in [-0.4, -0.2) is 4.92 Å². The molecule has 7 rings (SSSR count). The van der Waals surface area contributed by atoms with Crippen LogP contribution in [0.25, 0.3) is 44.2 Å². The maximum atomic E-state index is 11.9. The van der Waals surface area contributed by atoms with Crippen molar-refractivity contribution in [2.24, 2.45) is 0 Å². The van der Waals surface area contributed by atoms with Gasteiger partial charge in [-0.2, -0.15) is 0 Å². The van der Waals surface area contributed by atoms with Gasteiger partial charge in [0.15, 0.2) is 0 Å². The third kappa shape index (κ3) is 2.50. The second-order valence-corrected chi connectivity index (χ2v) is 8.92. The van der Waals surface area contributed by atoms with Crippen LogP contribution < -0.4 is 0 Å². The summed E-state index contributed by atoms with van der Waals surface area (Å²) >= 11 is 0. The minimum absolute atomic E-state index is 0.154. The molecule has 0 aromatic heterocycles. The van der Waals surface area contributed by atoms with Gasteiger partial charge in [-0.25, -0.2) is 0 Å². The van der Waals surface area contributed by atoms with Crippen LogP contribution in [0.2, 0.25) is 0 Å². The summed E-state index contributed by atoms with van der Waals surface area (Å²) < 4.78 is 0. The van der Waals surface area contributed by atoms with Crippen molar-refractivity contribution in [1.82, 2.24) is 0 Å². The molecule has 0 unspecified atom stereocenters. The Morgan fingerprint density at radius 3 is 2.00 bits per heavy atom. The smallest absolute Gasteiger partial charge is 0.258 e. The normalized spacial score (nSPS) is 12.8. The minimum Gasteiger partial charge on any atom is -0.258 e. The van der Waals surface area contributed by atoms with Crippen LogP contribution in [0.1, 0.15) is 22.3 Å². The van der Waals surface area contributed by atoms with E-state index in [-0.39, 0.29) is 10.6 Å². The Balaban J connectivity index is 1.65. The Kier molecular flexibility index (Phi) is 3.68. The Bertz CT molecular complexity index is 1650. The Labute approximate surface area is 191 Å². The zero-order valence-electron chi connectivity index (χ0n) is 17.8. The summed E-state index contributed by atoms with van der Waals surface area (Å²) in [6, 6.07) is 30.9. The summed E-state index contributed by atoms with van der Waals surface area (Å²) in [6.45, 7) is 0. The average molecular weight is 425 g/mol.